The second-order valence-electron chi connectivity index (χ2n) is 5.88. The van der Waals surface area contributed by atoms with Crippen molar-refractivity contribution in [1.29, 1.82) is 0 Å². The van der Waals surface area contributed by atoms with Crippen LogP contribution >= 0.6 is 0 Å². The van der Waals surface area contributed by atoms with Crippen LogP contribution in [0.25, 0.3) is 0 Å². The van der Waals surface area contributed by atoms with Gasteiger partial charge >= 0.3 is 5.97 Å². The van der Waals surface area contributed by atoms with Crippen molar-refractivity contribution in [3.8, 4) is 0 Å². The first kappa shape index (κ1) is 22.1. The Hall–Kier alpha value is -2.98. The Morgan fingerprint density at radius 2 is 1.67 bits per heavy atom. The van der Waals surface area contributed by atoms with Crippen molar-refractivity contribution in [3.05, 3.63) is 35.9 Å². The second kappa shape index (κ2) is 10.9. The summed E-state index contributed by atoms with van der Waals surface area (Å²) in [6, 6.07) is 5.63. The summed E-state index contributed by atoms with van der Waals surface area (Å²) in [5.41, 5.74) is 6.13. The number of amides is 3. The van der Waals surface area contributed by atoms with E-state index in [-0.39, 0.29) is 6.42 Å². The van der Waals surface area contributed by atoms with E-state index in [1.165, 1.54) is 6.92 Å². The number of nitrogens with two attached hydrogens (primary N) is 1. The molecule has 1 aromatic rings. The number of aliphatic carboxylic acids is 1. The number of aliphatic hydroxyl groups is 1. The Balaban J connectivity index is 2.79. The molecule has 0 saturated heterocycles. The third-order valence-electron chi connectivity index (χ3n) is 3.61. The molecule has 1 rings (SSSR count). The number of aliphatic hydroxyl groups excluding tert-OH is 1. The van der Waals surface area contributed by atoms with Gasteiger partial charge in [0.25, 0.3) is 0 Å². The molecular weight excluding hydrogens is 356 g/mol. The topological polar surface area (TPSA) is 171 Å². The Morgan fingerprint density at radius 1 is 1.04 bits per heavy atom. The number of benzene rings is 1. The molecule has 0 aliphatic rings. The van der Waals surface area contributed by atoms with Crippen molar-refractivity contribution in [3.63, 3.8) is 0 Å². The van der Waals surface area contributed by atoms with Gasteiger partial charge in [0.15, 0.2) is 0 Å². The van der Waals surface area contributed by atoms with E-state index in [1.807, 2.05) is 0 Å². The minimum absolute atomic E-state index is 0.134. The van der Waals surface area contributed by atoms with Gasteiger partial charge in [-0.05, 0) is 12.5 Å². The Labute approximate surface area is 156 Å². The summed E-state index contributed by atoms with van der Waals surface area (Å²) < 4.78 is 0. The predicted octanol–water partition coefficient (Wildman–Crippen LogP) is -2.26. The zero-order chi connectivity index (χ0) is 20.4. The van der Waals surface area contributed by atoms with Crippen LogP contribution in [0, 0.1) is 0 Å². The van der Waals surface area contributed by atoms with E-state index < -0.39 is 55.0 Å². The van der Waals surface area contributed by atoms with Crippen molar-refractivity contribution >= 4 is 23.7 Å². The van der Waals surface area contributed by atoms with Crippen LogP contribution in [0.1, 0.15) is 12.5 Å². The fraction of sp³-hybridized carbons (Fsp3) is 0.412. The average molecular weight is 380 g/mol. The molecule has 10 heteroatoms. The number of hydrogen-bond donors (Lipinski definition) is 6. The summed E-state index contributed by atoms with van der Waals surface area (Å²) in [5, 5.41) is 24.6. The number of carbonyl (C=O) groups is 4. The Morgan fingerprint density at radius 3 is 2.22 bits per heavy atom. The van der Waals surface area contributed by atoms with Crippen molar-refractivity contribution in [2.45, 2.75) is 31.5 Å². The van der Waals surface area contributed by atoms with Crippen LogP contribution in [0.5, 0.6) is 0 Å². The Kier molecular flexibility index (Phi) is 8.90. The van der Waals surface area contributed by atoms with Gasteiger partial charge < -0.3 is 31.9 Å². The first-order valence-electron chi connectivity index (χ1n) is 8.25. The summed E-state index contributed by atoms with van der Waals surface area (Å²) in [7, 11) is 0. The van der Waals surface area contributed by atoms with Crippen LogP contribution in [-0.4, -0.2) is 65.2 Å². The molecule has 27 heavy (non-hydrogen) atoms. The SMILES string of the molecule is CC(NC(=O)C(N)CO)C(=O)NC(Cc1ccccc1)C(=O)NCC(=O)O. The normalized spacial score (nSPS) is 13.7. The quantitative estimate of drug-likeness (QED) is 0.266. The molecule has 0 bridgehead atoms. The van der Waals surface area contributed by atoms with E-state index in [9.17, 15) is 19.2 Å². The van der Waals surface area contributed by atoms with Crippen LogP contribution in [0.4, 0.5) is 0 Å². The highest BCUT2D eigenvalue weighted by Crippen LogP contribution is 2.04. The molecule has 7 N–H and O–H groups in total. The molecule has 148 valence electrons. The van der Waals surface area contributed by atoms with Gasteiger partial charge in [0.1, 0.15) is 24.7 Å². The highest BCUT2D eigenvalue weighted by Gasteiger charge is 2.25. The summed E-state index contributed by atoms with van der Waals surface area (Å²) in [6.07, 6.45) is 0.134. The molecule has 0 radical (unpaired) electrons. The Bertz CT molecular complexity index is 667. The molecule has 3 unspecified atom stereocenters. The number of carboxylic acid groups (broad SMARTS) is 1. The monoisotopic (exact) mass is 380 g/mol. The van der Waals surface area contributed by atoms with Crippen molar-refractivity contribution in [2.24, 2.45) is 5.73 Å². The van der Waals surface area contributed by atoms with Crippen LogP contribution in [-0.2, 0) is 25.6 Å². The maximum absolute atomic E-state index is 12.3. The highest BCUT2D eigenvalue weighted by molar-refractivity contribution is 5.93. The second-order valence-corrected chi connectivity index (χ2v) is 5.88. The minimum atomic E-state index is -1.22. The van der Waals surface area contributed by atoms with Crippen molar-refractivity contribution in [2.75, 3.05) is 13.2 Å². The van der Waals surface area contributed by atoms with E-state index in [2.05, 4.69) is 16.0 Å². The summed E-state index contributed by atoms with van der Waals surface area (Å²) in [5.74, 6) is -3.25. The molecule has 3 amide bonds. The van der Waals surface area contributed by atoms with E-state index in [0.29, 0.717) is 0 Å². The fourth-order valence-corrected chi connectivity index (χ4v) is 2.11. The molecular formula is C17H24N4O6. The van der Waals surface area contributed by atoms with Crippen molar-refractivity contribution < 1.29 is 29.4 Å². The van der Waals surface area contributed by atoms with Crippen LogP contribution in [0.3, 0.4) is 0 Å². The molecule has 0 saturated carbocycles. The summed E-state index contributed by atoms with van der Waals surface area (Å²) in [6.45, 7) is 0.234. The third kappa shape index (κ3) is 7.84. The highest BCUT2D eigenvalue weighted by atomic mass is 16.4. The zero-order valence-electron chi connectivity index (χ0n) is 14.8. The van der Waals surface area contributed by atoms with Gasteiger partial charge in [-0.25, -0.2) is 0 Å². The molecule has 10 nitrogen and oxygen atoms in total. The molecule has 3 atom stereocenters. The van der Waals surface area contributed by atoms with Gasteiger partial charge in [0.05, 0.1) is 6.61 Å². The van der Waals surface area contributed by atoms with Crippen LogP contribution < -0.4 is 21.7 Å². The molecule has 0 spiro atoms. The maximum atomic E-state index is 12.3. The lowest BCUT2D eigenvalue weighted by molar-refractivity contribution is -0.138. The van der Waals surface area contributed by atoms with E-state index in [0.717, 1.165) is 5.56 Å². The van der Waals surface area contributed by atoms with Gasteiger partial charge in [-0.1, -0.05) is 30.3 Å². The lowest BCUT2D eigenvalue weighted by atomic mass is 10.0. The largest absolute Gasteiger partial charge is 0.480 e. The van der Waals surface area contributed by atoms with E-state index >= 15 is 0 Å². The van der Waals surface area contributed by atoms with Gasteiger partial charge in [-0.2, -0.15) is 0 Å². The summed E-state index contributed by atoms with van der Waals surface area (Å²) >= 11 is 0. The number of carbonyl (C=O) groups excluding carboxylic acids is 3. The molecule has 0 fully saturated rings. The average Bonchev–Trinajstić information content (AvgIpc) is 2.65. The van der Waals surface area contributed by atoms with E-state index in [4.69, 9.17) is 15.9 Å². The predicted molar refractivity (Wildman–Crippen MR) is 95.4 cm³/mol. The number of nitrogens with one attached hydrogen (secondary N) is 3. The van der Waals surface area contributed by atoms with Crippen LogP contribution in [0.2, 0.25) is 0 Å². The first-order valence-corrected chi connectivity index (χ1v) is 8.25. The van der Waals surface area contributed by atoms with E-state index in [1.54, 1.807) is 30.3 Å². The molecule has 0 aliphatic heterocycles. The molecule has 0 heterocycles. The third-order valence-corrected chi connectivity index (χ3v) is 3.61. The van der Waals surface area contributed by atoms with Gasteiger partial charge in [0, 0.05) is 6.42 Å². The van der Waals surface area contributed by atoms with Gasteiger partial charge in [0.2, 0.25) is 17.7 Å². The molecule has 0 aliphatic carbocycles. The van der Waals surface area contributed by atoms with Gasteiger partial charge in [-0.3, -0.25) is 19.2 Å². The number of rotatable bonds is 10. The van der Waals surface area contributed by atoms with Gasteiger partial charge in [-0.15, -0.1) is 0 Å². The fourth-order valence-electron chi connectivity index (χ4n) is 2.11. The number of hydrogen-bond acceptors (Lipinski definition) is 6. The lowest BCUT2D eigenvalue weighted by Gasteiger charge is -2.22. The maximum Gasteiger partial charge on any atom is 0.322 e. The van der Waals surface area contributed by atoms with Crippen LogP contribution in [0.15, 0.2) is 30.3 Å². The first-order chi connectivity index (χ1) is 12.7. The van der Waals surface area contributed by atoms with Crippen molar-refractivity contribution in [1.82, 2.24) is 16.0 Å². The summed E-state index contributed by atoms with van der Waals surface area (Å²) in [4.78, 5) is 46.9. The standard InChI is InChI=1S/C17H24N4O6/c1-10(20-16(26)12(18)9-22)15(25)21-13(17(27)19-8-14(23)24)7-11-5-3-2-4-6-11/h2-6,10,12-13,22H,7-9,18H2,1H3,(H,19,27)(H,20,26)(H,21,25)(H,23,24). The number of carboxylic acids is 1. The lowest BCUT2D eigenvalue weighted by Crippen LogP contribution is -2.56. The minimum Gasteiger partial charge on any atom is -0.480 e. The smallest absolute Gasteiger partial charge is 0.322 e. The molecule has 1 aromatic carbocycles. The molecule has 0 aromatic heterocycles. The zero-order valence-corrected chi connectivity index (χ0v) is 14.8.